The molecule has 1 amide bonds. The Morgan fingerprint density at radius 2 is 2.06 bits per heavy atom. The van der Waals surface area contributed by atoms with E-state index in [-0.39, 0.29) is 5.91 Å². The van der Waals surface area contributed by atoms with Gasteiger partial charge in [-0.15, -0.1) is 0 Å². The number of hydrogen-bond acceptors (Lipinski definition) is 2. The van der Waals surface area contributed by atoms with Crippen LogP contribution in [0.25, 0.3) is 0 Å². The Balaban J connectivity index is 1.69. The average molecular weight is 316 g/mol. The van der Waals surface area contributed by atoms with Gasteiger partial charge in [-0.1, -0.05) is 27.5 Å². The number of carbonyl (C=O) groups is 1. The topological polar surface area (TPSA) is 41.1 Å². The molecule has 1 saturated heterocycles. The summed E-state index contributed by atoms with van der Waals surface area (Å²) in [6.45, 7) is 2.05. The van der Waals surface area contributed by atoms with Crippen molar-refractivity contribution in [2.75, 3.05) is 13.1 Å². The first kappa shape index (κ1) is 11.5. The number of fused-ring (bicyclic) bond motifs is 1. The quantitative estimate of drug-likeness (QED) is 0.877. The number of piperidine rings is 1. The van der Waals surface area contributed by atoms with Gasteiger partial charge in [0.1, 0.15) is 0 Å². The van der Waals surface area contributed by atoms with Gasteiger partial charge in [0.25, 0.3) is 5.91 Å². The van der Waals surface area contributed by atoms with Gasteiger partial charge in [0, 0.05) is 34.2 Å². The zero-order valence-corrected chi connectivity index (χ0v) is 11.4. The molecule has 2 N–H and O–H groups in total. The second-order valence-electron chi connectivity index (χ2n) is 4.64. The van der Waals surface area contributed by atoms with E-state index in [1.54, 1.807) is 18.2 Å². The molecule has 5 heteroatoms. The highest BCUT2D eigenvalue weighted by Crippen LogP contribution is 2.41. The minimum atomic E-state index is -0.0346. The number of amides is 1. The molecule has 3 nitrogen and oxygen atoms in total. The van der Waals surface area contributed by atoms with Gasteiger partial charge in [-0.2, -0.15) is 0 Å². The second-order valence-corrected chi connectivity index (χ2v) is 6.00. The van der Waals surface area contributed by atoms with Gasteiger partial charge in [-0.05, 0) is 30.0 Å². The molecule has 1 aliphatic carbocycles. The summed E-state index contributed by atoms with van der Waals surface area (Å²) in [6, 6.07) is 5.60. The minimum absolute atomic E-state index is 0.0346. The SMILES string of the molecule is O=C(NC1C2CNCC21)c1cc(Cl)cc(Br)c1. The van der Waals surface area contributed by atoms with Crippen LogP contribution in [0.5, 0.6) is 0 Å². The molecule has 1 aromatic rings. The van der Waals surface area contributed by atoms with Crippen LogP contribution >= 0.6 is 27.5 Å². The molecule has 0 bridgehead atoms. The molecule has 3 rings (SSSR count). The van der Waals surface area contributed by atoms with Gasteiger partial charge in [-0.3, -0.25) is 4.79 Å². The fourth-order valence-corrected chi connectivity index (χ4v) is 3.41. The van der Waals surface area contributed by atoms with Gasteiger partial charge in [0.15, 0.2) is 0 Å². The molecule has 0 radical (unpaired) electrons. The Hall–Kier alpha value is -0.580. The Labute approximate surface area is 113 Å². The van der Waals surface area contributed by atoms with E-state index in [0.29, 0.717) is 28.5 Å². The van der Waals surface area contributed by atoms with Crippen LogP contribution in [0.2, 0.25) is 5.02 Å². The van der Waals surface area contributed by atoms with Crippen LogP contribution in [-0.4, -0.2) is 25.0 Å². The smallest absolute Gasteiger partial charge is 0.251 e. The monoisotopic (exact) mass is 314 g/mol. The lowest BCUT2D eigenvalue weighted by Gasteiger charge is -2.08. The number of nitrogens with one attached hydrogen (secondary N) is 2. The van der Waals surface area contributed by atoms with E-state index in [0.717, 1.165) is 17.6 Å². The number of rotatable bonds is 2. The largest absolute Gasteiger partial charge is 0.349 e. The molecular weight excluding hydrogens is 304 g/mol. The molecule has 1 aromatic carbocycles. The van der Waals surface area contributed by atoms with Crippen molar-refractivity contribution in [3.05, 3.63) is 33.3 Å². The number of benzene rings is 1. The Bertz CT molecular complexity index is 449. The fourth-order valence-electron chi connectivity index (χ4n) is 2.55. The van der Waals surface area contributed by atoms with Crippen molar-refractivity contribution in [3.8, 4) is 0 Å². The summed E-state index contributed by atoms with van der Waals surface area (Å²) in [6.07, 6.45) is 0. The van der Waals surface area contributed by atoms with Gasteiger partial charge in [-0.25, -0.2) is 0 Å². The first-order valence-corrected chi connectivity index (χ1v) is 6.80. The van der Waals surface area contributed by atoms with E-state index in [4.69, 9.17) is 11.6 Å². The van der Waals surface area contributed by atoms with Gasteiger partial charge in [0.05, 0.1) is 0 Å². The summed E-state index contributed by atoms with van der Waals surface area (Å²) in [5, 5.41) is 6.94. The highest BCUT2D eigenvalue weighted by Gasteiger charge is 2.53. The summed E-state index contributed by atoms with van der Waals surface area (Å²) in [4.78, 5) is 12.0. The third kappa shape index (κ3) is 2.21. The molecule has 2 atom stereocenters. The van der Waals surface area contributed by atoms with Crippen LogP contribution in [0.3, 0.4) is 0 Å². The maximum atomic E-state index is 12.0. The molecular formula is C12H12BrClN2O. The van der Waals surface area contributed by atoms with E-state index < -0.39 is 0 Å². The van der Waals surface area contributed by atoms with Crippen molar-refractivity contribution >= 4 is 33.4 Å². The third-order valence-electron chi connectivity index (χ3n) is 3.51. The number of carbonyl (C=O) groups excluding carboxylic acids is 1. The molecule has 2 aliphatic rings. The van der Waals surface area contributed by atoms with E-state index in [1.807, 2.05) is 0 Å². The van der Waals surface area contributed by atoms with Gasteiger partial charge >= 0.3 is 0 Å². The Kier molecular flexibility index (Phi) is 2.89. The van der Waals surface area contributed by atoms with E-state index >= 15 is 0 Å². The van der Waals surface area contributed by atoms with Crippen LogP contribution in [0.1, 0.15) is 10.4 Å². The summed E-state index contributed by atoms with van der Waals surface area (Å²) >= 11 is 9.26. The molecule has 0 aromatic heterocycles. The first-order chi connectivity index (χ1) is 8.15. The number of halogens is 2. The standard InChI is InChI=1S/C12H12BrClN2O/c13-7-1-6(2-8(14)3-7)12(17)16-11-9-4-15-5-10(9)11/h1-3,9-11,15H,4-5H2,(H,16,17). The summed E-state index contributed by atoms with van der Waals surface area (Å²) in [7, 11) is 0. The van der Waals surface area contributed by atoms with E-state index in [1.165, 1.54) is 0 Å². The third-order valence-corrected chi connectivity index (χ3v) is 4.19. The van der Waals surface area contributed by atoms with Crippen LogP contribution < -0.4 is 10.6 Å². The summed E-state index contributed by atoms with van der Waals surface area (Å²) in [5.74, 6) is 1.22. The zero-order chi connectivity index (χ0) is 12.0. The average Bonchev–Trinajstić information content (AvgIpc) is 2.73. The fraction of sp³-hybridized carbons (Fsp3) is 0.417. The zero-order valence-electron chi connectivity index (χ0n) is 9.04. The van der Waals surface area contributed by atoms with Crippen LogP contribution in [0.15, 0.2) is 22.7 Å². The van der Waals surface area contributed by atoms with Crippen molar-refractivity contribution in [2.45, 2.75) is 6.04 Å². The highest BCUT2D eigenvalue weighted by molar-refractivity contribution is 9.10. The molecule has 17 heavy (non-hydrogen) atoms. The van der Waals surface area contributed by atoms with Crippen molar-refractivity contribution < 1.29 is 4.79 Å². The van der Waals surface area contributed by atoms with Crippen molar-refractivity contribution in [3.63, 3.8) is 0 Å². The lowest BCUT2D eigenvalue weighted by Crippen LogP contribution is -2.32. The highest BCUT2D eigenvalue weighted by atomic mass is 79.9. The molecule has 90 valence electrons. The normalized spacial score (nSPS) is 29.9. The lowest BCUT2D eigenvalue weighted by molar-refractivity contribution is 0.0946. The van der Waals surface area contributed by atoms with Gasteiger partial charge in [0.2, 0.25) is 0 Å². The van der Waals surface area contributed by atoms with Gasteiger partial charge < -0.3 is 10.6 Å². The Morgan fingerprint density at radius 1 is 1.35 bits per heavy atom. The Morgan fingerprint density at radius 3 is 2.71 bits per heavy atom. The molecule has 1 saturated carbocycles. The molecule has 0 spiro atoms. The maximum Gasteiger partial charge on any atom is 0.251 e. The second kappa shape index (κ2) is 4.26. The van der Waals surface area contributed by atoms with E-state index in [2.05, 4.69) is 26.6 Å². The van der Waals surface area contributed by atoms with Crippen molar-refractivity contribution in [2.24, 2.45) is 11.8 Å². The minimum Gasteiger partial charge on any atom is -0.349 e. The molecule has 2 fully saturated rings. The van der Waals surface area contributed by atoms with Crippen LogP contribution in [0.4, 0.5) is 0 Å². The van der Waals surface area contributed by atoms with Crippen LogP contribution in [-0.2, 0) is 0 Å². The lowest BCUT2D eigenvalue weighted by atomic mass is 10.2. The first-order valence-electron chi connectivity index (χ1n) is 5.63. The van der Waals surface area contributed by atoms with E-state index in [9.17, 15) is 4.79 Å². The summed E-state index contributed by atoms with van der Waals surface area (Å²) in [5.41, 5.74) is 0.613. The van der Waals surface area contributed by atoms with Crippen molar-refractivity contribution in [1.82, 2.24) is 10.6 Å². The molecule has 1 aliphatic heterocycles. The number of hydrogen-bond donors (Lipinski definition) is 2. The predicted octanol–water partition coefficient (Wildman–Crippen LogP) is 2.05. The predicted molar refractivity (Wildman–Crippen MR) is 70.3 cm³/mol. The molecule has 2 unspecified atom stereocenters. The summed E-state index contributed by atoms with van der Waals surface area (Å²) < 4.78 is 0.827. The van der Waals surface area contributed by atoms with Crippen LogP contribution in [0, 0.1) is 11.8 Å². The maximum absolute atomic E-state index is 12.0. The molecule has 1 heterocycles. The van der Waals surface area contributed by atoms with Crippen molar-refractivity contribution in [1.29, 1.82) is 0 Å².